The maximum absolute atomic E-state index is 13.1. The lowest BCUT2D eigenvalue weighted by atomic mass is 9.89. The van der Waals surface area contributed by atoms with Crippen LogP contribution in [0.2, 0.25) is 5.02 Å². The average molecular weight is 429 g/mol. The lowest BCUT2D eigenvalue weighted by Gasteiger charge is -2.18. The van der Waals surface area contributed by atoms with E-state index < -0.39 is 11.9 Å². The molecule has 2 atom stereocenters. The maximum atomic E-state index is 13.1. The average Bonchev–Trinajstić information content (AvgIpc) is 3.07. The van der Waals surface area contributed by atoms with Crippen LogP contribution in [0.15, 0.2) is 40.5 Å². The van der Waals surface area contributed by atoms with E-state index in [1.165, 1.54) is 22.0 Å². The second-order valence-corrected chi connectivity index (χ2v) is 8.91. The zero-order chi connectivity index (χ0) is 20.5. The molecule has 0 unspecified atom stereocenters. The van der Waals surface area contributed by atoms with Crippen molar-refractivity contribution >= 4 is 45.3 Å². The minimum atomic E-state index is -0.735. The molecule has 0 aliphatic heterocycles. The van der Waals surface area contributed by atoms with E-state index in [4.69, 9.17) is 11.6 Å². The van der Waals surface area contributed by atoms with Gasteiger partial charge in [0.25, 0.3) is 11.5 Å². The van der Waals surface area contributed by atoms with Gasteiger partial charge < -0.3 is 0 Å². The van der Waals surface area contributed by atoms with Crippen molar-refractivity contribution in [2.24, 2.45) is 11.0 Å². The number of thiophene rings is 1. The fourth-order valence-corrected chi connectivity index (χ4v) is 5.11. The van der Waals surface area contributed by atoms with Crippen LogP contribution in [0.25, 0.3) is 10.2 Å². The van der Waals surface area contributed by atoms with Gasteiger partial charge in [-0.05, 0) is 43.7 Å². The van der Waals surface area contributed by atoms with Crippen LogP contribution in [0.3, 0.4) is 0 Å². The highest BCUT2D eigenvalue weighted by atomic mass is 35.5. The zero-order valence-corrected chi connectivity index (χ0v) is 17.8. The Morgan fingerprint density at radius 3 is 3.03 bits per heavy atom. The molecule has 0 bridgehead atoms. The number of rotatable bonds is 4. The quantitative estimate of drug-likeness (QED) is 0.505. The number of benzene rings is 1. The Bertz CT molecular complexity index is 1170. The van der Waals surface area contributed by atoms with Crippen LogP contribution >= 0.6 is 22.9 Å². The third-order valence-electron chi connectivity index (χ3n) is 5.32. The largest absolute Gasteiger partial charge is 0.286 e. The molecule has 0 fully saturated rings. The molecule has 0 spiro atoms. The van der Waals surface area contributed by atoms with Crippen molar-refractivity contribution in [3.8, 4) is 0 Å². The van der Waals surface area contributed by atoms with Gasteiger partial charge in [0.05, 0.1) is 17.9 Å². The number of amides is 1. The SMILES string of the molecule is C[C@@H]1CCc2c(sc3ncn([C@@H](C)C(=O)N/N=C/c4ccccc4Cl)c(=O)c23)C1. The summed E-state index contributed by atoms with van der Waals surface area (Å²) in [5.74, 6) is 0.229. The summed E-state index contributed by atoms with van der Waals surface area (Å²) in [5.41, 5.74) is 4.12. The number of carbonyl (C=O) groups is 1. The first kappa shape index (κ1) is 19.8. The van der Waals surface area contributed by atoms with E-state index in [0.717, 1.165) is 29.7 Å². The summed E-state index contributed by atoms with van der Waals surface area (Å²) in [7, 11) is 0. The lowest BCUT2D eigenvalue weighted by molar-refractivity contribution is -0.123. The van der Waals surface area contributed by atoms with Crippen molar-refractivity contribution in [3.63, 3.8) is 0 Å². The highest BCUT2D eigenvalue weighted by Crippen LogP contribution is 2.35. The van der Waals surface area contributed by atoms with Crippen molar-refractivity contribution < 1.29 is 4.79 Å². The molecule has 1 amide bonds. The van der Waals surface area contributed by atoms with E-state index >= 15 is 0 Å². The number of carbonyl (C=O) groups excluding carboxylic acids is 1. The molecule has 6 nitrogen and oxygen atoms in total. The standard InChI is InChI=1S/C21H21ClN4O2S/c1-12-7-8-15-17(9-12)29-20-18(15)21(28)26(11-23-20)13(2)19(27)25-24-10-14-5-3-4-6-16(14)22/h3-6,10-13H,7-9H2,1-2H3,(H,25,27)/b24-10+/t12-,13+/m1/s1. The van der Waals surface area contributed by atoms with E-state index in [1.807, 2.05) is 12.1 Å². The van der Waals surface area contributed by atoms with Gasteiger partial charge in [-0.15, -0.1) is 11.3 Å². The molecular formula is C21H21ClN4O2S. The second-order valence-electron chi connectivity index (χ2n) is 7.42. The molecule has 2 heterocycles. The fraction of sp³-hybridized carbons (Fsp3) is 0.333. The van der Waals surface area contributed by atoms with Gasteiger partial charge in [0.2, 0.25) is 0 Å². The molecule has 0 radical (unpaired) electrons. The number of hydrogen-bond donors (Lipinski definition) is 1. The fourth-order valence-electron chi connectivity index (χ4n) is 3.58. The number of fused-ring (bicyclic) bond motifs is 3. The van der Waals surface area contributed by atoms with E-state index in [0.29, 0.717) is 21.9 Å². The summed E-state index contributed by atoms with van der Waals surface area (Å²) >= 11 is 7.67. The Hall–Kier alpha value is -2.51. The van der Waals surface area contributed by atoms with Crippen LogP contribution in [0.1, 0.15) is 42.3 Å². The number of nitrogens with zero attached hydrogens (tertiary/aromatic N) is 3. The molecule has 150 valence electrons. The van der Waals surface area contributed by atoms with E-state index in [-0.39, 0.29) is 5.56 Å². The molecule has 8 heteroatoms. The smallest absolute Gasteiger partial charge is 0.263 e. The number of hydrogen-bond acceptors (Lipinski definition) is 5. The highest BCUT2D eigenvalue weighted by Gasteiger charge is 2.25. The van der Waals surface area contributed by atoms with Crippen molar-refractivity contribution in [1.29, 1.82) is 0 Å². The van der Waals surface area contributed by atoms with Crippen LogP contribution in [0, 0.1) is 5.92 Å². The van der Waals surface area contributed by atoms with Gasteiger partial charge in [0.15, 0.2) is 0 Å². The molecule has 29 heavy (non-hydrogen) atoms. The normalized spacial score (nSPS) is 17.4. The lowest BCUT2D eigenvalue weighted by Crippen LogP contribution is -2.34. The van der Waals surface area contributed by atoms with Crippen LogP contribution in [0.4, 0.5) is 0 Å². The minimum Gasteiger partial charge on any atom is -0.286 e. The molecule has 2 aromatic heterocycles. The van der Waals surface area contributed by atoms with Gasteiger partial charge in [0, 0.05) is 15.5 Å². The Labute approximate surface area is 177 Å². The molecule has 1 aromatic carbocycles. The molecule has 0 saturated carbocycles. The molecule has 0 saturated heterocycles. The Morgan fingerprint density at radius 1 is 1.45 bits per heavy atom. The summed E-state index contributed by atoms with van der Waals surface area (Å²) in [5, 5.41) is 5.17. The van der Waals surface area contributed by atoms with Crippen molar-refractivity contribution in [3.05, 3.63) is 62.0 Å². The molecule has 3 aromatic rings. The maximum Gasteiger partial charge on any atom is 0.263 e. The van der Waals surface area contributed by atoms with Gasteiger partial charge >= 0.3 is 0 Å². The second kappa shape index (κ2) is 8.08. The highest BCUT2D eigenvalue weighted by molar-refractivity contribution is 7.18. The number of halogens is 1. The van der Waals surface area contributed by atoms with Crippen LogP contribution < -0.4 is 11.0 Å². The monoisotopic (exact) mass is 428 g/mol. The topological polar surface area (TPSA) is 76.3 Å². The first-order chi connectivity index (χ1) is 14.0. The van der Waals surface area contributed by atoms with Gasteiger partial charge in [0.1, 0.15) is 10.9 Å². The number of nitrogens with one attached hydrogen (secondary N) is 1. The summed E-state index contributed by atoms with van der Waals surface area (Å²) in [6, 6.07) is 6.46. The summed E-state index contributed by atoms with van der Waals surface area (Å²) in [4.78, 5) is 32.1. The van der Waals surface area contributed by atoms with Crippen LogP contribution in [-0.2, 0) is 17.6 Å². The predicted octanol–water partition coefficient (Wildman–Crippen LogP) is 3.95. The number of hydrazone groups is 1. The Kier molecular flexibility index (Phi) is 5.52. The predicted molar refractivity (Wildman–Crippen MR) is 117 cm³/mol. The number of aromatic nitrogens is 2. The van der Waals surface area contributed by atoms with Crippen molar-refractivity contribution in [1.82, 2.24) is 15.0 Å². The molecule has 1 aliphatic rings. The van der Waals surface area contributed by atoms with Gasteiger partial charge in [-0.25, -0.2) is 10.4 Å². The number of aryl methyl sites for hydroxylation is 1. The minimum absolute atomic E-state index is 0.167. The van der Waals surface area contributed by atoms with Gasteiger partial charge in [-0.3, -0.25) is 14.2 Å². The summed E-state index contributed by atoms with van der Waals surface area (Å²) in [6.07, 6.45) is 5.88. The van der Waals surface area contributed by atoms with Crippen LogP contribution in [0.5, 0.6) is 0 Å². The zero-order valence-electron chi connectivity index (χ0n) is 16.2. The molecule has 1 N–H and O–H groups in total. The van der Waals surface area contributed by atoms with E-state index in [1.54, 1.807) is 30.4 Å². The third-order valence-corrected chi connectivity index (χ3v) is 6.83. The summed E-state index contributed by atoms with van der Waals surface area (Å²) < 4.78 is 1.38. The van der Waals surface area contributed by atoms with Gasteiger partial charge in [-0.1, -0.05) is 36.7 Å². The van der Waals surface area contributed by atoms with Crippen molar-refractivity contribution in [2.45, 2.75) is 39.2 Å². The van der Waals surface area contributed by atoms with Crippen molar-refractivity contribution in [2.75, 3.05) is 0 Å². The molecule has 4 rings (SSSR count). The van der Waals surface area contributed by atoms with Gasteiger partial charge in [-0.2, -0.15) is 5.10 Å². The molecular weight excluding hydrogens is 408 g/mol. The third kappa shape index (κ3) is 3.84. The molecule has 1 aliphatic carbocycles. The van der Waals surface area contributed by atoms with Crippen LogP contribution in [-0.4, -0.2) is 21.7 Å². The summed E-state index contributed by atoms with van der Waals surface area (Å²) in [6.45, 7) is 3.89. The Balaban J connectivity index is 1.57. The van der Waals surface area contributed by atoms with E-state index in [2.05, 4.69) is 22.4 Å². The van der Waals surface area contributed by atoms with E-state index in [9.17, 15) is 9.59 Å². The first-order valence-corrected chi connectivity index (χ1v) is 10.7. The first-order valence-electron chi connectivity index (χ1n) is 9.54. The Morgan fingerprint density at radius 2 is 2.24 bits per heavy atom.